The van der Waals surface area contributed by atoms with Gasteiger partial charge in [-0.3, -0.25) is 4.55 Å². The highest BCUT2D eigenvalue weighted by molar-refractivity contribution is 7.85. The highest BCUT2D eigenvalue weighted by Gasteiger charge is 1.97. The fraction of sp³-hybridized carbons (Fsp3) is 0.333. The first-order chi connectivity index (χ1) is 5.56. The average molecular weight is 196 g/mol. The quantitative estimate of drug-likeness (QED) is 0.403. The smallest absolute Gasteiger partial charge is 0.268 e. The van der Waals surface area contributed by atoms with Gasteiger partial charge in [-0.25, -0.2) is 4.39 Å². The molecule has 0 bridgehead atoms. The van der Waals surface area contributed by atoms with E-state index in [0.29, 0.717) is 6.33 Å². The Bertz CT molecular complexity index is 255. The van der Waals surface area contributed by atoms with Gasteiger partial charge in [0, 0.05) is 0 Å². The Labute approximate surface area is 70.1 Å². The first-order valence-electron chi connectivity index (χ1n) is 3.03. The minimum absolute atomic E-state index is 0.0263. The van der Waals surface area contributed by atoms with Gasteiger partial charge in [0.2, 0.25) is 0 Å². The van der Waals surface area contributed by atoms with Crippen molar-refractivity contribution in [1.82, 2.24) is 0 Å². The molecular formula is C6H9FO4S. The fourth-order valence-electron chi connectivity index (χ4n) is 0.376. The van der Waals surface area contributed by atoms with E-state index in [0.717, 1.165) is 18.4 Å². The Balaban J connectivity index is 3.52. The molecule has 6 heteroatoms. The van der Waals surface area contributed by atoms with Crippen LogP contribution in [0.1, 0.15) is 0 Å². The van der Waals surface area contributed by atoms with E-state index >= 15 is 0 Å². The third-order valence-electron chi connectivity index (χ3n) is 0.781. The summed E-state index contributed by atoms with van der Waals surface area (Å²) < 4.78 is 44.3. The Morgan fingerprint density at radius 2 is 2.08 bits per heavy atom. The summed E-state index contributed by atoms with van der Waals surface area (Å²) in [5.41, 5.74) is 0. The van der Waals surface area contributed by atoms with Crippen molar-refractivity contribution in [3.05, 3.63) is 24.7 Å². The summed E-state index contributed by atoms with van der Waals surface area (Å²) in [5, 5.41) is 0. The lowest BCUT2D eigenvalue weighted by Gasteiger charge is -1.92. The number of hydrogen-bond donors (Lipinski definition) is 1. The van der Waals surface area contributed by atoms with E-state index in [1.165, 1.54) is 0 Å². The van der Waals surface area contributed by atoms with E-state index in [-0.39, 0.29) is 6.61 Å². The highest BCUT2D eigenvalue weighted by Crippen LogP contribution is 1.85. The molecule has 4 nitrogen and oxygen atoms in total. The van der Waals surface area contributed by atoms with Gasteiger partial charge in [-0.05, 0) is 12.2 Å². The zero-order valence-electron chi connectivity index (χ0n) is 6.18. The minimum atomic E-state index is -3.98. The Hall–Kier alpha value is -0.880. The maximum Gasteiger partial charge on any atom is 0.268 e. The molecule has 0 spiro atoms. The van der Waals surface area contributed by atoms with Gasteiger partial charge in [0.1, 0.15) is 6.61 Å². The molecule has 0 radical (unpaired) electrons. The Morgan fingerprint density at radius 3 is 2.58 bits per heavy atom. The molecule has 0 aromatic heterocycles. The third kappa shape index (κ3) is 9.12. The molecule has 70 valence electrons. The van der Waals surface area contributed by atoms with Gasteiger partial charge < -0.3 is 4.74 Å². The van der Waals surface area contributed by atoms with Crippen molar-refractivity contribution < 1.29 is 22.1 Å². The molecule has 0 aliphatic heterocycles. The van der Waals surface area contributed by atoms with Crippen molar-refractivity contribution in [1.29, 1.82) is 0 Å². The number of rotatable bonds is 5. The summed E-state index contributed by atoms with van der Waals surface area (Å²) in [4.78, 5) is 0. The van der Waals surface area contributed by atoms with Gasteiger partial charge in [0.25, 0.3) is 10.1 Å². The van der Waals surface area contributed by atoms with Crippen LogP contribution >= 0.6 is 0 Å². The summed E-state index contributed by atoms with van der Waals surface area (Å²) >= 11 is 0. The van der Waals surface area contributed by atoms with Gasteiger partial charge in [0.15, 0.2) is 0 Å². The van der Waals surface area contributed by atoms with Crippen LogP contribution in [-0.2, 0) is 14.9 Å². The lowest BCUT2D eigenvalue weighted by atomic mass is 10.7. The predicted molar refractivity (Wildman–Crippen MR) is 41.8 cm³/mol. The lowest BCUT2D eigenvalue weighted by molar-refractivity contribution is 0.288. The summed E-state index contributed by atoms with van der Waals surface area (Å²) in [6, 6.07) is 0. The molecule has 0 fully saturated rings. The zero-order valence-corrected chi connectivity index (χ0v) is 7.00. The van der Waals surface area contributed by atoms with Crippen molar-refractivity contribution >= 4 is 10.1 Å². The van der Waals surface area contributed by atoms with E-state index in [9.17, 15) is 12.8 Å². The summed E-state index contributed by atoms with van der Waals surface area (Å²) in [6.45, 7) is 0.0263. The van der Waals surface area contributed by atoms with Crippen LogP contribution in [0.15, 0.2) is 24.7 Å². The van der Waals surface area contributed by atoms with E-state index in [4.69, 9.17) is 4.55 Å². The standard InChI is InChI=1S/C6H9FO4S/c7-3-1-4-11-5-2-6-12(8,9)10/h1-3,5H,4,6H2,(H,8,9,10). The zero-order chi connectivity index (χ0) is 9.45. The molecule has 0 saturated heterocycles. The molecule has 0 heterocycles. The van der Waals surface area contributed by atoms with E-state index in [1.54, 1.807) is 0 Å². The van der Waals surface area contributed by atoms with Crippen LogP contribution in [0.25, 0.3) is 0 Å². The van der Waals surface area contributed by atoms with Crippen molar-refractivity contribution in [2.24, 2.45) is 0 Å². The molecule has 0 atom stereocenters. The molecule has 0 aromatic carbocycles. The monoisotopic (exact) mass is 196 g/mol. The Kier molecular flexibility index (Phi) is 5.31. The highest BCUT2D eigenvalue weighted by atomic mass is 32.2. The minimum Gasteiger partial charge on any atom is -0.497 e. The second-order valence-electron chi connectivity index (χ2n) is 1.82. The SMILES string of the molecule is O=S(=O)(O)CC=COCC=CF. The maximum absolute atomic E-state index is 11.3. The van der Waals surface area contributed by atoms with Crippen LogP contribution in [0.4, 0.5) is 4.39 Å². The maximum atomic E-state index is 11.3. The van der Waals surface area contributed by atoms with Crippen LogP contribution in [-0.4, -0.2) is 25.3 Å². The van der Waals surface area contributed by atoms with Crippen molar-refractivity contribution in [3.63, 3.8) is 0 Å². The molecular weight excluding hydrogens is 187 g/mol. The molecule has 0 amide bonds. The van der Waals surface area contributed by atoms with Crippen molar-refractivity contribution in [3.8, 4) is 0 Å². The van der Waals surface area contributed by atoms with E-state index < -0.39 is 15.9 Å². The molecule has 1 N–H and O–H groups in total. The van der Waals surface area contributed by atoms with Crippen molar-refractivity contribution in [2.45, 2.75) is 0 Å². The van der Waals surface area contributed by atoms with Gasteiger partial charge in [-0.2, -0.15) is 8.42 Å². The van der Waals surface area contributed by atoms with Gasteiger partial charge in [0.05, 0.1) is 18.3 Å². The summed E-state index contributed by atoms with van der Waals surface area (Å²) in [7, 11) is -3.98. The summed E-state index contributed by atoms with van der Waals surface area (Å²) in [5.74, 6) is -0.508. The van der Waals surface area contributed by atoms with Crippen molar-refractivity contribution in [2.75, 3.05) is 12.4 Å². The van der Waals surface area contributed by atoms with E-state index in [1.807, 2.05) is 0 Å². The van der Waals surface area contributed by atoms with Gasteiger partial charge in [-0.1, -0.05) is 0 Å². The first kappa shape index (κ1) is 11.1. The van der Waals surface area contributed by atoms with Crippen LogP contribution in [0, 0.1) is 0 Å². The van der Waals surface area contributed by atoms with Crippen LogP contribution < -0.4 is 0 Å². The average Bonchev–Trinajstić information content (AvgIpc) is 1.94. The van der Waals surface area contributed by atoms with Crippen LogP contribution in [0.2, 0.25) is 0 Å². The lowest BCUT2D eigenvalue weighted by Crippen LogP contribution is -2.00. The molecule has 0 rings (SSSR count). The van der Waals surface area contributed by atoms with E-state index in [2.05, 4.69) is 4.74 Å². The number of halogens is 1. The first-order valence-corrected chi connectivity index (χ1v) is 4.64. The predicted octanol–water partition coefficient (Wildman–Crippen LogP) is 0.888. The topological polar surface area (TPSA) is 63.6 Å². The second kappa shape index (κ2) is 5.73. The molecule has 0 aromatic rings. The molecule has 0 unspecified atom stereocenters. The third-order valence-corrected chi connectivity index (χ3v) is 1.39. The summed E-state index contributed by atoms with van der Waals surface area (Å²) in [6.07, 6.45) is 3.61. The second-order valence-corrected chi connectivity index (χ2v) is 3.31. The molecule has 0 aliphatic rings. The fourth-order valence-corrected chi connectivity index (χ4v) is 0.698. The molecule has 0 aliphatic carbocycles. The largest absolute Gasteiger partial charge is 0.497 e. The number of hydrogen-bond acceptors (Lipinski definition) is 3. The molecule has 0 saturated carbocycles. The van der Waals surface area contributed by atoms with Gasteiger partial charge >= 0.3 is 0 Å². The number of ether oxygens (including phenoxy) is 1. The molecule has 12 heavy (non-hydrogen) atoms. The van der Waals surface area contributed by atoms with Gasteiger partial charge in [-0.15, -0.1) is 0 Å². The normalized spacial score (nSPS) is 12.8. The van der Waals surface area contributed by atoms with Crippen LogP contribution in [0.3, 0.4) is 0 Å². The van der Waals surface area contributed by atoms with Crippen LogP contribution in [0.5, 0.6) is 0 Å². The Morgan fingerprint density at radius 1 is 1.42 bits per heavy atom.